The maximum atomic E-state index is 5.86. The fourth-order valence-electron chi connectivity index (χ4n) is 1.81. The number of halogens is 1. The standard InChI is InChI=1S/C15H11ClN2O/c16-13-8-6-11(7-9-13)14-10-19-15(18-17-14)12-4-2-1-3-5-12/h1-9H,10H2. The van der Waals surface area contributed by atoms with Crippen molar-refractivity contribution < 1.29 is 4.74 Å². The van der Waals surface area contributed by atoms with Gasteiger partial charge in [-0.1, -0.05) is 41.9 Å². The smallest absolute Gasteiger partial charge is 0.241 e. The van der Waals surface area contributed by atoms with Crippen molar-refractivity contribution in [3.8, 4) is 0 Å². The Balaban J connectivity index is 1.86. The first-order chi connectivity index (χ1) is 9.33. The molecule has 0 N–H and O–H groups in total. The summed E-state index contributed by atoms with van der Waals surface area (Å²) in [4.78, 5) is 0. The Morgan fingerprint density at radius 1 is 0.842 bits per heavy atom. The van der Waals surface area contributed by atoms with Gasteiger partial charge in [-0.2, -0.15) is 0 Å². The highest BCUT2D eigenvalue weighted by atomic mass is 35.5. The molecule has 0 amide bonds. The van der Waals surface area contributed by atoms with Crippen molar-refractivity contribution >= 4 is 23.2 Å². The van der Waals surface area contributed by atoms with Crippen molar-refractivity contribution in [2.75, 3.05) is 6.61 Å². The van der Waals surface area contributed by atoms with Crippen LogP contribution >= 0.6 is 11.6 Å². The largest absolute Gasteiger partial charge is 0.470 e. The first-order valence-corrected chi connectivity index (χ1v) is 6.29. The molecular formula is C15H11ClN2O. The average molecular weight is 271 g/mol. The van der Waals surface area contributed by atoms with Gasteiger partial charge in [-0.3, -0.25) is 0 Å². The van der Waals surface area contributed by atoms with Crippen molar-refractivity contribution in [2.45, 2.75) is 0 Å². The summed E-state index contributed by atoms with van der Waals surface area (Å²) < 4.78 is 5.65. The molecule has 3 rings (SSSR count). The number of hydrogen-bond donors (Lipinski definition) is 0. The Bertz CT molecular complexity index is 633. The molecule has 1 aliphatic heterocycles. The highest BCUT2D eigenvalue weighted by Crippen LogP contribution is 2.14. The van der Waals surface area contributed by atoms with E-state index < -0.39 is 0 Å². The third kappa shape index (κ3) is 2.66. The van der Waals surface area contributed by atoms with E-state index in [1.165, 1.54) is 0 Å². The van der Waals surface area contributed by atoms with Crippen LogP contribution in [-0.4, -0.2) is 18.2 Å². The molecule has 0 saturated heterocycles. The number of rotatable bonds is 2. The van der Waals surface area contributed by atoms with Gasteiger partial charge in [0.25, 0.3) is 0 Å². The molecule has 0 saturated carbocycles. The molecule has 0 spiro atoms. The first-order valence-electron chi connectivity index (χ1n) is 5.91. The van der Waals surface area contributed by atoms with Crippen LogP contribution in [-0.2, 0) is 4.74 Å². The molecule has 0 bridgehead atoms. The third-order valence-corrected chi connectivity index (χ3v) is 3.06. The molecule has 19 heavy (non-hydrogen) atoms. The Labute approximate surface area is 116 Å². The highest BCUT2D eigenvalue weighted by molar-refractivity contribution is 6.30. The van der Waals surface area contributed by atoms with E-state index >= 15 is 0 Å². The van der Waals surface area contributed by atoms with Crippen LogP contribution in [0, 0.1) is 0 Å². The van der Waals surface area contributed by atoms with E-state index in [0.717, 1.165) is 16.8 Å². The summed E-state index contributed by atoms with van der Waals surface area (Å²) in [5.41, 5.74) is 2.71. The molecule has 0 aromatic heterocycles. The Morgan fingerprint density at radius 2 is 1.58 bits per heavy atom. The maximum absolute atomic E-state index is 5.86. The third-order valence-electron chi connectivity index (χ3n) is 2.81. The zero-order chi connectivity index (χ0) is 13.1. The summed E-state index contributed by atoms with van der Waals surface area (Å²) in [6.07, 6.45) is 0. The van der Waals surface area contributed by atoms with Crippen LogP contribution in [0.4, 0.5) is 0 Å². The van der Waals surface area contributed by atoms with E-state index in [2.05, 4.69) is 10.2 Å². The lowest BCUT2D eigenvalue weighted by Crippen LogP contribution is -2.19. The van der Waals surface area contributed by atoms with E-state index in [-0.39, 0.29) is 0 Å². The Morgan fingerprint density at radius 3 is 2.21 bits per heavy atom. The van der Waals surface area contributed by atoms with E-state index in [0.29, 0.717) is 17.5 Å². The van der Waals surface area contributed by atoms with Gasteiger partial charge in [-0.15, -0.1) is 10.2 Å². The van der Waals surface area contributed by atoms with Crippen molar-refractivity contribution in [1.82, 2.24) is 0 Å². The van der Waals surface area contributed by atoms with Gasteiger partial charge in [0, 0.05) is 16.1 Å². The van der Waals surface area contributed by atoms with Crippen LogP contribution in [0.2, 0.25) is 5.02 Å². The minimum absolute atomic E-state index is 0.412. The fraction of sp³-hybridized carbons (Fsp3) is 0.0667. The molecular weight excluding hydrogens is 260 g/mol. The molecule has 0 atom stereocenters. The summed E-state index contributed by atoms with van der Waals surface area (Å²) in [5.74, 6) is 0.554. The monoisotopic (exact) mass is 270 g/mol. The van der Waals surface area contributed by atoms with Crippen LogP contribution in [0.15, 0.2) is 64.8 Å². The van der Waals surface area contributed by atoms with Gasteiger partial charge in [-0.05, 0) is 24.3 Å². The van der Waals surface area contributed by atoms with Crippen LogP contribution in [0.25, 0.3) is 0 Å². The highest BCUT2D eigenvalue weighted by Gasteiger charge is 2.13. The second kappa shape index (κ2) is 5.24. The summed E-state index contributed by atoms with van der Waals surface area (Å²) in [6.45, 7) is 0.412. The molecule has 0 aliphatic carbocycles. The van der Waals surface area contributed by atoms with E-state index in [1.54, 1.807) is 0 Å². The molecule has 0 fully saturated rings. The van der Waals surface area contributed by atoms with Crippen molar-refractivity contribution in [2.24, 2.45) is 10.2 Å². The maximum Gasteiger partial charge on any atom is 0.241 e. The van der Waals surface area contributed by atoms with Crippen LogP contribution in [0.1, 0.15) is 11.1 Å². The lowest BCUT2D eigenvalue weighted by Gasteiger charge is -2.14. The minimum atomic E-state index is 0.412. The van der Waals surface area contributed by atoms with Crippen LogP contribution < -0.4 is 0 Å². The van der Waals surface area contributed by atoms with E-state index in [4.69, 9.17) is 16.3 Å². The van der Waals surface area contributed by atoms with Crippen LogP contribution in [0.5, 0.6) is 0 Å². The SMILES string of the molecule is Clc1ccc(C2=NN=C(c3ccccc3)OC2)cc1. The molecule has 2 aromatic rings. The predicted octanol–water partition coefficient (Wildman–Crippen LogP) is 3.52. The molecule has 1 heterocycles. The van der Waals surface area contributed by atoms with Gasteiger partial charge in [0.15, 0.2) is 0 Å². The summed E-state index contributed by atoms with van der Waals surface area (Å²) in [6, 6.07) is 17.2. The second-order valence-electron chi connectivity index (χ2n) is 4.11. The minimum Gasteiger partial charge on any atom is -0.470 e. The molecule has 4 heteroatoms. The number of benzene rings is 2. The summed E-state index contributed by atoms with van der Waals surface area (Å²) >= 11 is 5.86. The molecule has 1 aliphatic rings. The topological polar surface area (TPSA) is 34.0 Å². The summed E-state index contributed by atoms with van der Waals surface area (Å²) in [5, 5.41) is 9.06. The Hall–Kier alpha value is -2.13. The lowest BCUT2D eigenvalue weighted by molar-refractivity contribution is 0.357. The molecule has 3 nitrogen and oxygen atoms in total. The van der Waals surface area contributed by atoms with Gasteiger partial charge in [-0.25, -0.2) is 0 Å². The van der Waals surface area contributed by atoms with Crippen molar-refractivity contribution in [1.29, 1.82) is 0 Å². The summed E-state index contributed by atoms with van der Waals surface area (Å²) in [7, 11) is 0. The Kier molecular flexibility index (Phi) is 3.29. The van der Waals surface area contributed by atoms with Crippen LogP contribution in [0.3, 0.4) is 0 Å². The molecule has 0 unspecified atom stereocenters. The molecule has 2 aromatic carbocycles. The van der Waals surface area contributed by atoms with Gasteiger partial charge in [0.1, 0.15) is 12.3 Å². The number of nitrogens with zero attached hydrogens (tertiary/aromatic N) is 2. The normalized spacial score (nSPS) is 14.4. The first kappa shape index (κ1) is 11.9. The van der Waals surface area contributed by atoms with Gasteiger partial charge >= 0.3 is 0 Å². The van der Waals surface area contributed by atoms with Crippen molar-refractivity contribution in [3.63, 3.8) is 0 Å². The quantitative estimate of drug-likeness (QED) is 0.822. The second-order valence-corrected chi connectivity index (χ2v) is 4.55. The van der Waals surface area contributed by atoms with Gasteiger partial charge in [0.05, 0.1) is 0 Å². The molecule has 0 radical (unpaired) electrons. The zero-order valence-corrected chi connectivity index (χ0v) is 10.8. The molecule has 94 valence electrons. The lowest BCUT2D eigenvalue weighted by atomic mass is 10.1. The number of hydrogen-bond acceptors (Lipinski definition) is 3. The predicted molar refractivity (Wildman–Crippen MR) is 76.9 cm³/mol. The van der Waals surface area contributed by atoms with Gasteiger partial charge in [0.2, 0.25) is 5.90 Å². The van der Waals surface area contributed by atoms with Crippen molar-refractivity contribution in [3.05, 3.63) is 70.7 Å². The van der Waals surface area contributed by atoms with Gasteiger partial charge < -0.3 is 4.74 Å². The zero-order valence-electron chi connectivity index (χ0n) is 10.1. The van der Waals surface area contributed by atoms with E-state index in [1.807, 2.05) is 54.6 Å². The number of ether oxygens (including phenoxy) is 1. The fourth-order valence-corrected chi connectivity index (χ4v) is 1.93. The average Bonchev–Trinajstić information content (AvgIpc) is 2.49. The van der Waals surface area contributed by atoms with E-state index in [9.17, 15) is 0 Å².